The van der Waals surface area contributed by atoms with Crippen LogP contribution in [0, 0.1) is 5.92 Å². The van der Waals surface area contributed by atoms with Crippen LogP contribution in [0.2, 0.25) is 0 Å². The molecule has 0 aliphatic heterocycles. The van der Waals surface area contributed by atoms with Gasteiger partial charge in [-0.25, -0.2) is 0 Å². The van der Waals surface area contributed by atoms with Crippen LogP contribution < -0.4 is 5.32 Å². The molecular formula is C17H27NS. The van der Waals surface area contributed by atoms with Crippen molar-refractivity contribution < 1.29 is 0 Å². The summed E-state index contributed by atoms with van der Waals surface area (Å²) in [5.74, 6) is 0.907. The summed E-state index contributed by atoms with van der Waals surface area (Å²) in [4.78, 5) is 1.49. The third kappa shape index (κ3) is 4.00. The third-order valence-corrected chi connectivity index (χ3v) is 5.62. The Bertz CT molecular complexity index is 387. The minimum atomic E-state index is 0.490. The van der Waals surface area contributed by atoms with Gasteiger partial charge in [0.05, 0.1) is 0 Å². The first-order chi connectivity index (χ1) is 9.24. The lowest BCUT2D eigenvalue weighted by Crippen LogP contribution is -2.18. The average Bonchev–Trinajstić information content (AvgIpc) is 2.42. The molecule has 0 heterocycles. The lowest BCUT2D eigenvalue weighted by atomic mass is 9.91. The van der Waals surface area contributed by atoms with Crippen LogP contribution in [0.3, 0.4) is 0 Å². The van der Waals surface area contributed by atoms with E-state index in [4.69, 9.17) is 0 Å². The van der Waals surface area contributed by atoms with E-state index in [9.17, 15) is 0 Å². The fourth-order valence-electron chi connectivity index (χ4n) is 3.12. The summed E-state index contributed by atoms with van der Waals surface area (Å²) in [5.41, 5.74) is 1.48. The van der Waals surface area contributed by atoms with E-state index in [0.717, 1.165) is 17.6 Å². The maximum Gasteiger partial charge on any atom is 0.0326 e. The highest BCUT2D eigenvalue weighted by atomic mass is 32.2. The van der Waals surface area contributed by atoms with Crippen molar-refractivity contribution in [1.29, 1.82) is 0 Å². The van der Waals surface area contributed by atoms with Gasteiger partial charge in [0, 0.05) is 16.2 Å². The fraction of sp³-hybridized carbons (Fsp3) is 0.647. The van der Waals surface area contributed by atoms with Gasteiger partial charge in [0.15, 0.2) is 0 Å². The molecule has 0 saturated heterocycles. The zero-order valence-electron chi connectivity index (χ0n) is 12.5. The Morgan fingerprint density at radius 1 is 1.32 bits per heavy atom. The van der Waals surface area contributed by atoms with E-state index in [1.54, 1.807) is 0 Å². The predicted octanol–water partition coefficient (Wildman–Crippen LogP) is 5.03. The molecule has 3 unspecified atom stereocenters. The van der Waals surface area contributed by atoms with Crippen LogP contribution in [0.1, 0.15) is 57.6 Å². The number of nitrogens with one attached hydrogen (secondary N) is 1. The normalized spacial score (nSPS) is 25.2. The van der Waals surface area contributed by atoms with Gasteiger partial charge in [0.1, 0.15) is 0 Å². The van der Waals surface area contributed by atoms with Gasteiger partial charge < -0.3 is 5.32 Å². The smallest absolute Gasteiger partial charge is 0.0326 e. The summed E-state index contributed by atoms with van der Waals surface area (Å²) in [6, 6.07) is 9.44. The van der Waals surface area contributed by atoms with Crippen molar-refractivity contribution in [2.75, 3.05) is 7.05 Å². The number of hydrogen-bond acceptors (Lipinski definition) is 2. The molecule has 3 atom stereocenters. The van der Waals surface area contributed by atoms with E-state index in [2.05, 4.69) is 62.2 Å². The first kappa shape index (κ1) is 14.9. The van der Waals surface area contributed by atoms with Crippen molar-refractivity contribution in [3.63, 3.8) is 0 Å². The second kappa shape index (κ2) is 7.35. The van der Waals surface area contributed by atoms with Crippen molar-refractivity contribution in [1.82, 2.24) is 5.32 Å². The van der Waals surface area contributed by atoms with Gasteiger partial charge in [-0.2, -0.15) is 0 Å². The van der Waals surface area contributed by atoms with Gasteiger partial charge in [-0.3, -0.25) is 0 Å². The number of thioether (sulfide) groups is 1. The zero-order chi connectivity index (χ0) is 13.7. The van der Waals surface area contributed by atoms with Gasteiger partial charge in [-0.1, -0.05) is 44.9 Å². The number of hydrogen-bond donors (Lipinski definition) is 1. The Morgan fingerprint density at radius 3 is 2.79 bits per heavy atom. The van der Waals surface area contributed by atoms with Crippen LogP contribution in [0.15, 0.2) is 29.2 Å². The molecule has 0 aromatic heterocycles. The second-order valence-electron chi connectivity index (χ2n) is 5.80. The highest BCUT2D eigenvalue weighted by molar-refractivity contribution is 8.00. The van der Waals surface area contributed by atoms with Gasteiger partial charge in [0.2, 0.25) is 0 Å². The van der Waals surface area contributed by atoms with Gasteiger partial charge in [-0.05, 0) is 43.9 Å². The standard InChI is InChI=1S/C17H27NS/c1-4-16(18-3)15-10-5-6-11-17(15)19-14-9-7-8-13(2)12-14/h5-6,10-11,13-14,16,18H,4,7-9,12H2,1-3H3. The van der Waals surface area contributed by atoms with Crippen molar-refractivity contribution >= 4 is 11.8 Å². The average molecular weight is 277 g/mol. The molecule has 1 aromatic carbocycles. The molecule has 1 aromatic rings. The summed E-state index contributed by atoms with van der Waals surface area (Å²) in [7, 11) is 2.07. The molecule has 1 fully saturated rings. The predicted molar refractivity (Wildman–Crippen MR) is 85.8 cm³/mol. The molecule has 19 heavy (non-hydrogen) atoms. The third-order valence-electron chi connectivity index (χ3n) is 4.23. The molecule has 0 bridgehead atoms. The minimum Gasteiger partial charge on any atom is -0.313 e. The van der Waals surface area contributed by atoms with Crippen LogP contribution in [-0.2, 0) is 0 Å². The van der Waals surface area contributed by atoms with Crippen molar-refractivity contribution in [3.8, 4) is 0 Å². The topological polar surface area (TPSA) is 12.0 Å². The number of rotatable bonds is 5. The Balaban J connectivity index is 2.11. The van der Waals surface area contributed by atoms with E-state index >= 15 is 0 Å². The Labute approximate surface area is 122 Å². The van der Waals surface area contributed by atoms with Crippen LogP contribution in [0.25, 0.3) is 0 Å². The van der Waals surface area contributed by atoms with Crippen LogP contribution in [-0.4, -0.2) is 12.3 Å². The van der Waals surface area contributed by atoms with Crippen molar-refractivity contribution in [2.45, 2.75) is 62.1 Å². The highest BCUT2D eigenvalue weighted by Gasteiger charge is 2.21. The van der Waals surface area contributed by atoms with Gasteiger partial charge in [0.25, 0.3) is 0 Å². The van der Waals surface area contributed by atoms with E-state index < -0.39 is 0 Å². The maximum absolute atomic E-state index is 3.44. The zero-order valence-corrected chi connectivity index (χ0v) is 13.3. The Morgan fingerprint density at radius 2 is 2.11 bits per heavy atom. The van der Waals surface area contributed by atoms with Gasteiger partial charge >= 0.3 is 0 Å². The quantitative estimate of drug-likeness (QED) is 0.810. The van der Waals surface area contributed by atoms with Crippen molar-refractivity contribution in [3.05, 3.63) is 29.8 Å². The van der Waals surface area contributed by atoms with E-state index in [1.807, 2.05) is 0 Å². The minimum absolute atomic E-state index is 0.490. The first-order valence-corrected chi connectivity index (χ1v) is 8.55. The molecule has 1 aliphatic carbocycles. The van der Waals surface area contributed by atoms with Crippen molar-refractivity contribution in [2.24, 2.45) is 5.92 Å². The molecule has 1 nitrogen and oxygen atoms in total. The largest absolute Gasteiger partial charge is 0.313 e. The lowest BCUT2D eigenvalue weighted by Gasteiger charge is -2.27. The molecule has 2 rings (SSSR count). The SMILES string of the molecule is CCC(NC)c1ccccc1SC1CCCC(C)C1. The monoisotopic (exact) mass is 277 g/mol. The van der Waals surface area contributed by atoms with Crippen LogP contribution >= 0.6 is 11.8 Å². The Hall–Kier alpha value is -0.470. The molecular weight excluding hydrogens is 250 g/mol. The summed E-state index contributed by atoms with van der Waals surface area (Å²) in [5, 5.41) is 4.26. The van der Waals surface area contributed by atoms with Gasteiger partial charge in [-0.15, -0.1) is 11.8 Å². The summed E-state index contributed by atoms with van der Waals surface area (Å²) < 4.78 is 0. The molecule has 0 radical (unpaired) electrons. The summed E-state index contributed by atoms with van der Waals surface area (Å²) >= 11 is 2.11. The van der Waals surface area contributed by atoms with E-state index in [-0.39, 0.29) is 0 Å². The molecule has 1 aliphatic rings. The summed E-state index contributed by atoms with van der Waals surface area (Å²) in [6.45, 7) is 4.66. The lowest BCUT2D eigenvalue weighted by molar-refractivity contribution is 0.394. The fourth-order valence-corrected chi connectivity index (χ4v) is 4.69. The molecule has 1 saturated carbocycles. The molecule has 1 N–H and O–H groups in total. The maximum atomic E-state index is 3.44. The van der Waals surface area contributed by atoms with Crippen LogP contribution in [0.5, 0.6) is 0 Å². The molecule has 0 spiro atoms. The molecule has 106 valence electrons. The summed E-state index contributed by atoms with van der Waals surface area (Å²) in [6.07, 6.45) is 6.75. The molecule has 2 heteroatoms. The second-order valence-corrected chi connectivity index (χ2v) is 7.14. The van der Waals surface area contributed by atoms with Crippen LogP contribution in [0.4, 0.5) is 0 Å². The van der Waals surface area contributed by atoms with E-state index in [1.165, 1.54) is 36.1 Å². The highest BCUT2D eigenvalue weighted by Crippen LogP contribution is 2.39. The first-order valence-electron chi connectivity index (χ1n) is 7.67. The molecule has 0 amide bonds. The number of benzene rings is 1. The van der Waals surface area contributed by atoms with E-state index in [0.29, 0.717) is 6.04 Å². The Kier molecular flexibility index (Phi) is 5.77.